The molecule has 0 spiro atoms. The highest BCUT2D eigenvalue weighted by atomic mass is 19.1. The van der Waals surface area contributed by atoms with Gasteiger partial charge in [0.05, 0.1) is 6.20 Å². The van der Waals surface area contributed by atoms with Gasteiger partial charge in [0.15, 0.2) is 0 Å². The summed E-state index contributed by atoms with van der Waals surface area (Å²) in [6.07, 6.45) is 4.31. The highest BCUT2D eigenvalue weighted by Gasteiger charge is 2.07. The van der Waals surface area contributed by atoms with Gasteiger partial charge in [-0.05, 0) is 24.6 Å². The summed E-state index contributed by atoms with van der Waals surface area (Å²) in [7, 11) is 0. The third-order valence-electron chi connectivity index (χ3n) is 2.19. The molecule has 0 aromatic carbocycles. The van der Waals surface area contributed by atoms with Crippen LogP contribution in [0, 0.1) is 12.7 Å². The number of anilines is 1. The first kappa shape index (κ1) is 9.58. The SMILES string of the molecule is Cc1cc(N)ncc1-c1ccncc1F. The monoisotopic (exact) mass is 203 g/mol. The van der Waals surface area contributed by atoms with Crippen LogP contribution < -0.4 is 5.73 Å². The molecule has 76 valence electrons. The van der Waals surface area contributed by atoms with Crippen molar-refractivity contribution < 1.29 is 4.39 Å². The lowest BCUT2D eigenvalue weighted by atomic mass is 10.0. The molecule has 0 amide bonds. The molecule has 0 fully saturated rings. The molecule has 0 aliphatic heterocycles. The summed E-state index contributed by atoms with van der Waals surface area (Å²) in [6, 6.07) is 3.34. The second kappa shape index (κ2) is 3.65. The van der Waals surface area contributed by atoms with Crippen molar-refractivity contribution in [1.29, 1.82) is 0 Å². The summed E-state index contributed by atoms with van der Waals surface area (Å²) >= 11 is 0. The highest BCUT2D eigenvalue weighted by Crippen LogP contribution is 2.25. The zero-order valence-electron chi connectivity index (χ0n) is 8.24. The van der Waals surface area contributed by atoms with Gasteiger partial charge in [0.1, 0.15) is 11.6 Å². The molecule has 2 heterocycles. The summed E-state index contributed by atoms with van der Waals surface area (Å²) in [6.45, 7) is 1.87. The van der Waals surface area contributed by atoms with Crippen LogP contribution in [-0.2, 0) is 0 Å². The van der Waals surface area contributed by atoms with E-state index in [0.717, 1.165) is 11.1 Å². The minimum Gasteiger partial charge on any atom is -0.384 e. The van der Waals surface area contributed by atoms with Crippen molar-refractivity contribution in [3.63, 3.8) is 0 Å². The van der Waals surface area contributed by atoms with Gasteiger partial charge in [-0.15, -0.1) is 0 Å². The summed E-state index contributed by atoms with van der Waals surface area (Å²) < 4.78 is 13.4. The number of rotatable bonds is 1. The average molecular weight is 203 g/mol. The number of nitrogen functional groups attached to an aromatic ring is 1. The normalized spacial score (nSPS) is 10.3. The summed E-state index contributed by atoms with van der Waals surface area (Å²) in [5.74, 6) is 0.0814. The predicted octanol–water partition coefficient (Wildman–Crippen LogP) is 2.17. The Morgan fingerprint density at radius 3 is 2.73 bits per heavy atom. The Kier molecular flexibility index (Phi) is 2.33. The number of nitrogens with two attached hydrogens (primary N) is 1. The molecule has 3 nitrogen and oxygen atoms in total. The molecular formula is C11H10FN3. The molecule has 2 aromatic rings. The van der Waals surface area contributed by atoms with Gasteiger partial charge >= 0.3 is 0 Å². The van der Waals surface area contributed by atoms with E-state index >= 15 is 0 Å². The summed E-state index contributed by atoms with van der Waals surface area (Å²) in [5, 5.41) is 0. The topological polar surface area (TPSA) is 51.8 Å². The van der Waals surface area contributed by atoms with Crippen molar-refractivity contribution in [2.45, 2.75) is 6.92 Å². The molecule has 2 aromatic heterocycles. The molecule has 15 heavy (non-hydrogen) atoms. The predicted molar refractivity (Wildman–Crippen MR) is 56.6 cm³/mol. The van der Waals surface area contributed by atoms with E-state index in [4.69, 9.17) is 5.73 Å². The van der Waals surface area contributed by atoms with Gasteiger partial charge < -0.3 is 5.73 Å². The third-order valence-corrected chi connectivity index (χ3v) is 2.19. The number of hydrogen-bond acceptors (Lipinski definition) is 3. The minimum absolute atomic E-state index is 0.354. The van der Waals surface area contributed by atoms with E-state index in [1.165, 1.54) is 6.20 Å². The van der Waals surface area contributed by atoms with Crippen LogP contribution in [0.25, 0.3) is 11.1 Å². The Bertz CT molecular complexity index is 497. The number of aryl methyl sites for hydroxylation is 1. The van der Waals surface area contributed by atoms with Crippen LogP contribution in [0.5, 0.6) is 0 Å². The number of pyridine rings is 2. The van der Waals surface area contributed by atoms with E-state index in [1.807, 2.05) is 6.92 Å². The number of nitrogens with zero attached hydrogens (tertiary/aromatic N) is 2. The molecule has 0 aliphatic rings. The molecule has 0 aliphatic carbocycles. The van der Waals surface area contributed by atoms with Gasteiger partial charge in [0.25, 0.3) is 0 Å². The Morgan fingerprint density at radius 1 is 1.27 bits per heavy atom. The minimum atomic E-state index is -0.354. The Morgan fingerprint density at radius 2 is 2.07 bits per heavy atom. The third kappa shape index (κ3) is 1.79. The first-order chi connectivity index (χ1) is 7.18. The van der Waals surface area contributed by atoms with Gasteiger partial charge in [0, 0.05) is 23.5 Å². The molecule has 0 bridgehead atoms. The lowest BCUT2D eigenvalue weighted by Gasteiger charge is -2.06. The molecule has 0 saturated carbocycles. The van der Waals surface area contributed by atoms with Crippen LogP contribution in [0.3, 0.4) is 0 Å². The van der Waals surface area contributed by atoms with E-state index in [0.29, 0.717) is 11.4 Å². The Balaban J connectivity index is 2.60. The molecule has 2 N–H and O–H groups in total. The van der Waals surface area contributed by atoms with E-state index < -0.39 is 0 Å². The average Bonchev–Trinajstić information content (AvgIpc) is 2.20. The van der Waals surface area contributed by atoms with Crippen LogP contribution in [0.1, 0.15) is 5.56 Å². The molecule has 2 rings (SSSR count). The molecule has 0 radical (unpaired) electrons. The van der Waals surface area contributed by atoms with Crippen LogP contribution in [-0.4, -0.2) is 9.97 Å². The fourth-order valence-electron chi connectivity index (χ4n) is 1.45. The fourth-order valence-corrected chi connectivity index (χ4v) is 1.45. The lowest BCUT2D eigenvalue weighted by molar-refractivity contribution is 0.625. The van der Waals surface area contributed by atoms with Gasteiger partial charge in [-0.1, -0.05) is 0 Å². The maximum Gasteiger partial charge on any atom is 0.149 e. The van der Waals surface area contributed by atoms with Gasteiger partial charge in [-0.25, -0.2) is 9.37 Å². The van der Waals surface area contributed by atoms with Crippen molar-refractivity contribution in [2.24, 2.45) is 0 Å². The van der Waals surface area contributed by atoms with Crippen molar-refractivity contribution >= 4 is 5.82 Å². The maximum absolute atomic E-state index is 13.4. The van der Waals surface area contributed by atoms with Crippen molar-refractivity contribution in [3.8, 4) is 11.1 Å². The van der Waals surface area contributed by atoms with E-state index in [1.54, 1.807) is 24.5 Å². The molecular weight excluding hydrogens is 193 g/mol. The Hall–Kier alpha value is -1.97. The summed E-state index contributed by atoms with van der Waals surface area (Å²) in [4.78, 5) is 7.65. The zero-order chi connectivity index (χ0) is 10.8. The second-order valence-electron chi connectivity index (χ2n) is 3.28. The first-order valence-corrected chi connectivity index (χ1v) is 4.50. The van der Waals surface area contributed by atoms with Crippen LogP contribution >= 0.6 is 0 Å². The zero-order valence-corrected chi connectivity index (χ0v) is 8.24. The standard InChI is InChI=1S/C11H10FN3/c1-7-4-11(13)15-5-9(7)8-2-3-14-6-10(8)12/h2-6H,1H3,(H2,13,15). The van der Waals surface area contributed by atoms with Crippen molar-refractivity contribution in [2.75, 3.05) is 5.73 Å². The number of aromatic nitrogens is 2. The van der Waals surface area contributed by atoms with Crippen LogP contribution in [0.15, 0.2) is 30.7 Å². The van der Waals surface area contributed by atoms with Crippen molar-refractivity contribution in [3.05, 3.63) is 42.1 Å². The largest absolute Gasteiger partial charge is 0.384 e. The van der Waals surface area contributed by atoms with E-state index in [2.05, 4.69) is 9.97 Å². The van der Waals surface area contributed by atoms with Crippen LogP contribution in [0.4, 0.5) is 10.2 Å². The van der Waals surface area contributed by atoms with Crippen molar-refractivity contribution in [1.82, 2.24) is 9.97 Å². The molecule has 0 unspecified atom stereocenters. The molecule has 0 atom stereocenters. The van der Waals surface area contributed by atoms with Gasteiger partial charge in [-0.2, -0.15) is 0 Å². The smallest absolute Gasteiger partial charge is 0.149 e. The van der Waals surface area contributed by atoms with Crippen LogP contribution in [0.2, 0.25) is 0 Å². The lowest BCUT2D eigenvalue weighted by Crippen LogP contribution is -1.94. The number of halogens is 1. The summed E-state index contributed by atoms with van der Waals surface area (Å²) in [5.41, 5.74) is 7.66. The van der Waals surface area contributed by atoms with E-state index in [9.17, 15) is 4.39 Å². The maximum atomic E-state index is 13.4. The second-order valence-corrected chi connectivity index (χ2v) is 3.28. The fraction of sp³-hybridized carbons (Fsp3) is 0.0909. The number of hydrogen-bond donors (Lipinski definition) is 1. The van der Waals surface area contributed by atoms with Gasteiger partial charge in [-0.3, -0.25) is 4.98 Å². The van der Waals surface area contributed by atoms with Gasteiger partial charge in [0.2, 0.25) is 0 Å². The quantitative estimate of drug-likeness (QED) is 0.772. The first-order valence-electron chi connectivity index (χ1n) is 4.50. The van der Waals surface area contributed by atoms with E-state index in [-0.39, 0.29) is 5.82 Å². The molecule has 0 saturated heterocycles. The molecule has 4 heteroatoms. The Labute approximate surface area is 86.8 Å². The highest BCUT2D eigenvalue weighted by molar-refractivity contribution is 5.67.